The Balaban J connectivity index is 2.68. The van der Waals surface area contributed by atoms with E-state index in [-0.39, 0.29) is 23.4 Å². The number of esters is 1. The van der Waals surface area contributed by atoms with Gasteiger partial charge in [0.2, 0.25) is 11.4 Å². The Kier molecular flexibility index (Phi) is 6.13. The Morgan fingerprint density at radius 2 is 1.71 bits per heavy atom. The van der Waals surface area contributed by atoms with Crippen molar-refractivity contribution in [1.29, 1.82) is 0 Å². The topological polar surface area (TPSA) is 60.4 Å². The van der Waals surface area contributed by atoms with Crippen molar-refractivity contribution in [3.63, 3.8) is 0 Å². The molecule has 1 saturated carbocycles. The molecule has 4 atom stereocenters. The van der Waals surface area contributed by atoms with Crippen molar-refractivity contribution in [2.75, 3.05) is 0 Å². The van der Waals surface area contributed by atoms with Crippen molar-refractivity contribution in [2.24, 2.45) is 22.7 Å². The fourth-order valence-electron chi connectivity index (χ4n) is 4.68. The maximum absolute atomic E-state index is 13.8. The highest BCUT2D eigenvalue weighted by Gasteiger charge is 2.77. The molecule has 1 aliphatic carbocycles. The molecule has 0 aromatic carbocycles. The number of ether oxygens (including phenoxy) is 1. The number of carbonyl (C=O) groups excluding carboxylic acids is 3. The van der Waals surface area contributed by atoms with Crippen LogP contribution in [0.3, 0.4) is 0 Å². The number of fused-ring (bicyclic) bond motifs is 2. The van der Waals surface area contributed by atoms with Gasteiger partial charge in [-0.2, -0.15) is 0 Å². The fourth-order valence-corrected chi connectivity index (χ4v) is 4.68. The normalized spacial score (nSPS) is 31.8. The number of carbonyl (C=O) groups is 3. The Labute approximate surface area is 169 Å². The van der Waals surface area contributed by atoms with Crippen LogP contribution in [0.1, 0.15) is 81.1 Å². The number of hydrogen-bond acceptors (Lipinski definition) is 4. The lowest BCUT2D eigenvalue weighted by atomic mass is 9.50. The first-order valence-corrected chi connectivity index (χ1v) is 10.5. The minimum Gasteiger partial charge on any atom is -0.441 e. The monoisotopic (exact) mass is 388 g/mol. The quantitative estimate of drug-likeness (QED) is 0.341. The molecule has 0 N–H and O–H groups in total. The molecule has 4 nitrogen and oxygen atoms in total. The second kappa shape index (κ2) is 7.61. The van der Waals surface area contributed by atoms with Crippen molar-refractivity contribution >= 4 is 17.5 Å². The minimum atomic E-state index is -1.67. The third-order valence-corrected chi connectivity index (χ3v) is 6.99. The highest BCUT2D eigenvalue weighted by molar-refractivity contribution is 6.25. The van der Waals surface area contributed by atoms with Crippen molar-refractivity contribution in [2.45, 2.75) is 86.7 Å². The molecule has 4 heteroatoms. The molecule has 2 bridgehead atoms. The first kappa shape index (κ1) is 22.6. The van der Waals surface area contributed by atoms with Crippen LogP contribution in [0.2, 0.25) is 0 Å². The van der Waals surface area contributed by atoms with Gasteiger partial charge in [0.1, 0.15) is 5.41 Å². The molecule has 1 heterocycles. The van der Waals surface area contributed by atoms with E-state index < -0.39 is 22.4 Å². The molecule has 0 aromatic heterocycles. The van der Waals surface area contributed by atoms with Gasteiger partial charge >= 0.3 is 5.97 Å². The zero-order valence-corrected chi connectivity index (χ0v) is 18.8. The van der Waals surface area contributed by atoms with Gasteiger partial charge in [-0.15, -0.1) is 0 Å². The first-order chi connectivity index (χ1) is 12.9. The lowest BCUT2D eigenvalue weighted by Crippen LogP contribution is -2.65. The van der Waals surface area contributed by atoms with Crippen LogP contribution < -0.4 is 0 Å². The van der Waals surface area contributed by atoms with Crippen molar-refractivity contribution in [3.8, 4) is 0 Å². The summed E-state index contributed by atoms with van der Waals surface area (Å²) in [4.78, 5) is 40.5. The van der Waals surface area contributed by atoms with E-state index in [1.54, 1.807) is 0 Å². The van der Waals surface area contributed by atoms with Crippen molar-refractivity contribution in [3.05, 3.63) is 23.3 Å². The van der Waals surface area contributed by atoms with Gasteiger partial charge in [0.25, 0.3) is 0 Å². The number of rotatable bonds is 7. The molecule has 28 heavy (non-hydrogen) atoms. The molecular formula is C24H36O4. The molecule has 2 fully saturated rings. The highest BCUT2D eigenvalue weighted by atomic mass is 16.6. The minimum absolute atomic E-state index is 0.00474. The van der Waals surface area contributed by atoms with Crippen LogP contribution >= 0.6 is 0 Å². The number of hydrogen-bond donors (Lipinski definition) is 0. The lowest BCUT2D eigenvalue weighted by molar-refractivity contribution is -0.179. The lowest BCUT2D eigenvalue weighted by Gasteiger charge is -2.50. The Morgan fingerprint density at radius 1 is 1.14 bits per heavy atom. The van der Waals surface area contributed by atoms with Crippen LogP contribution in [0.5, 0.6) is 0 Å². The Bertz CT molecular complexity index is 734. The zero-order chi connectivity index (χ0) is 21.5. The molecule has 0 radical (unpaired) electrons. The zero-order valence-electron chi connectivity index (χ0n) is 18.8. The van der Waals surface area contributed by atoms with Crippen LogP contribution in [0.15, 0.2) is 23.3 Å². The van der Waals surface area contributed by atoms with Gasteiger partial charge in [0.05, 0.1) is 0 Å². The van der Waals surface area contributed by atoms with E-state index in [0.717, 1.165) is 12.0 Å². The summed E-state index contributed by atoms with van der Waals surface area (Å²) in [7, 11) is 0. The number of Topliss-reactive ketones (excluding diaryl/α,β-unsaturated/α-hetero) is 2. The van der Waals surface area contributed by atoms with E-state index in [0.29, 0.717) is 19.3 Å². The summed E-state index contributed by atoms with van der Waals surface area (Å²) in [6, 6.07) is 0. The molecule has 2 rings (SSSR count). The van der Waals surface area contributed by atoms with E-state index in [2.05, 4.69) is 6.08 Å². The first-order valence-electron chi connectivity index (χ1n) is 10.5. The molecule has 0 amide bonds. The van der Waals surface area contributed by atoms with Gasteiger partial charge in [-0.05, 0) is 59.3 Å². The highest BCUT2D eigenvalue weighted by Crippen LogP contribution is 2.62. The molecular weight excluding hydrogens is 352 g/mol. The second-order valence-corrected chi connectivity index (χ2v) is 9.78. The Morgan fingerprint density at radius 3 is 2.21 bits per heavy atom. The number of ketones is 2. The van der Waals surface area contributed by atoms with E-state index in [1.807, 2.05) is 61.5 Å². The molecule has 1 aliphatic heterocycles. The molecule has 0 aromatic rings. The molecule has 0 unspecified atom stereocenters. The standard InChI is InChI=1S/C24H36O4/c1-9-17(6)19(25)24-20(26)23(21(27)28-24,13-12-16(4)5)14-18(22(24,7)8)11-10-15(2)3/h10,12,17-18H,9,11,13-14H2,1-8H3/t17-,18-,23-,24-/m0/s1. The predicted molar refractivity (Wildman–Crippen MR) is 111 cm³/mol. The average molecular weight is 389 g/mol. The summed E-state index contributed by atoms with van der Waals surface area (Å²) in [6.45, 7) is 15.6. The van der Waals surface area contributed by atoms with Gasteiger partial charge in [-0.1, -0.05) is 51.0 Å². The van der Waals surface area contributed by atoms with Gasteiger partial charge in [0.15, 0.2) is 5.78 Å². The predicted octanol–water partition coefficient (Wildman–Crippen LogP) is 5.21. The average Bonchev–Trinajstić information content (AvgIpc) is 2.79. The van der Waals surface area contributed by atoms with E-state index >= 15 is 0 Å². The van der Waals surface area contributed by atoms with Crippen LogP contribution in [-0.2, 0) is 19.1 Å². The molecule has 1 saturated heterocycles. The van der Waals surface area contributed by atoms with Crippen LogP contribution in [-0.4, -0.2) is 23.1 Å². The third kappa shape index (κ3) is 3.19. The van der Waals surface area contributed by atoms with E-state index in [1.165, 1.54) is 5.57 Å². The smallest absolute Gasteiger partial charge is 0.321 e. The summed E-state index contributed by atoms with van der Waals surface area (Å²) in [6.07, 6.45) is 6.15. The summed E-state index contributed by atoms with van der Waals surface area (Å²) in [5, 5.41) is 0. The second-order valence-electron chi connectivity index (χ2n) is 9.78. The van der Waals surface area contributed by atoms with Crippen LogP contribution in [0.25, 0.3) is 0 Å². The summed E-state index contributed by atoms with van der Waals surface area (Å²) < 4.78 is 5.87. The van der Waals surface area contributed by atoms with E-state index in [9.17, 15) is 14.4 Å². The van der Waals surface area contributed by atoms with Crippen molar-refractivity contribution < 1.29 is 19.1 Å². The van der Waals surface area contributed by atoms with Gasteiger partial charge < -0.3 is 4.74 Å². The SMILES string of the molecule is CC[C@H](C)C(=O)[C@@]12OC(=O)[C@@](CC=C(C)C)(C[C@H](CC=C(C)C)C1(C)C)C2=O. The third-order valence-electron chi connectivity index (χ3n) is 6.99. The molecule has 0 spiro atoms. The fraction of sp³-hybridized carbons (Fsp3) is 0.708. The maximum Gasteiger partial charge on any atom is 0.321 e. The van der Waals surface area contributed by atoms with Crippen LogP contribution in [0, 0.1) is 22.7 Å². The molecule has 156 valence electrons. The summed E-state index contributed by atoms with van der Waals surface area (Å²) in [5.74, 6) is -1.40. The van der Waals surface area contributed by atoms with Gasteiger partial charge in [0, 0.05) is 11.3 Å². The van der Waals surface area contributed by atoms with Gasteiger partial charge in [-0.3, -0.25) is 14.4 Å². The van der Waals surface area contributed by atoms with Crippen molar-refractivity contribution in [1.82, 2.24) is 0 Å². The molecule has 2 aliphatic rings. The maximum atomic E-state index is 13.8. The summed E-state index contributed by atoms with van der Waals surface area (Å²) >= 11 is 0. The van der Waals surface area contributed by atoms with Gasteiger partial charge in [-0.25, -0.2) is 0 Å². The van der Waals surface area contributed by atoms with E-state index in [4.69, 9.17) is 4.74 Å². The number of allylic oxidation sites excluding steroid dienone is 4. The Hall–Kier alpha value is -1.71. The van der Waals surface area contributed by atoms with Crippen LogP contribution in [0.4, 0.5) is 0 Å². The summed E-state index contributed by atoms with van der Waals surface area (Å²) in [5.41, 5.74) is -1.43. The largest absolute Gasteiger partial charge is 0.441 e.